The number of nitrogens with zero attached hydrogens (tertiary/aromatic N) is 4. The zero-order chi connectivity index (χ0) is 23.3. The summed E-state index contributed by atoms with van der Waals surface area (Å²) >= 11 is 0. The second kappa shape index (κ2) is 7.79. The van der Waals surface area contributed by atoms with E-state index in [4.69, 9.17) is 4.42 Å². The number of aromatic nitrogens is 2. The number of aryl methyl sites for hydroxylation is 2. The summed E-state index contributed by atoms with van der Waals surface area (Å²) in [5.41, 5.74) is 2.35. The summed E-state index contributed by atoms with van der Waals surface area (Å²) in [6, 6.07) is 9.80. The molecule has 0 radical (unpaired) electrons. The summed E-state index contributed by atoms with van der Waals surface area (Å²) in [7, 11) is 0. The van der Waals surface area contributed by atoms with E-state index in [1.807, 2.05) is 57.0 Å². The number of carbonyl (C=O) groups is 2. The number of hydrogen-bond acceptors (Lipinski definition) is 5. The molecule has 0 saturated carbocycles. The zero-order valence-electron chi connectivity index (χ0n) is 19.5. The fourth-order valence-corrected chi connectivity index (χ4v) is 5.08. The number of nitrogens with one attached hydrogen (secondary N) is 1. The highest BCUT2D eigenvalue weighted by Crippen LogP contribution is 2.47. The van der Waals surface area contributed by atoms with Gasteiger partial charge in [-0.25, -0.2) is 4.98 Å². The summed E-state index contributed by atoms with van der Waals surface area (Å²) < 4.78 is 7.81. The molecule has 2 aliphatic rings. The number of amides is 2. The molecule has 33 heavy (non-hydrogen) atoms. The van der Waals surface area contributed by atoms with Crippen molar-refractivity contribution in [1.29, 1.82) is 0 Å². The number of pyridine rings is 1. The lowest BCUT2D eigenvalue weighted by molar-refractivity contribution is -0.120. The van der Waals surface area contributed by atoms with Crippen LogP contribution in [-0.2, 0) is 10.3 Å². The second-order valence-corrected chi connectivity index (χ2v) is 9.28. The second-order valence-electron chi connectivity index (χ2n) is 9.28. The molecule has 3 aromatic rings. The topological polar surface area (TPSA) is 83.6 Å². The van der Waals surface area contributed by atoms with Crippen LogP contribution in [0.2, 0.25) is 0 Å². The molecule has 0 bridgehead atoms. The van der Waals surface area contributed by atoms with E-state index in [0.29, 0.717) is 25.3 Å². The normalized spacial score (nSPS) is 19.2. The van der Waals surface area contributed by atoms with Crippen LogP contribution >= 0.6 is 0 Å². The van der Waals surface area contributed by atoms with E-state index in [1.165, 1.54) is 0 Å². The van der Waals surface area contributed by atoms with Crippen molar-refractivity contribution in [2.45, 2.75) is 45.7 Å². The van der Waals surface area contributed by atoms with Crippen LogP contribution in [0.25, 0.3) is 5.82 Å². The molecule has 1 saturated heterocycles. The maximum Gasteiger partial charge on any atom is 0.289 e. The predicted molar refractivity (Wildman–Crippen MR) is 125 cm³/mol. The highest BCUT2D eigenvalue weighted by Gasteiger charge is 2.51. The zero-order valence-corrected chi connectivity index (χ0v) is 19.5. The third kappa shape index (κ3) is 3.41. The Bertz CT molecular complexity index is 1210. The Morgan fingerprint density at radius 1 is 1.24 bits per heavy atom. The first-order chi connectivity index (χ1) is 15.8. The molecular weight excluding hydrogens is 418 g/mol. The van der Waals surface area contributed by atoms with E-state index in [1.54, 1.807) is 12.3 Å². The van der Waals surface area contributed by atoms with Gasteiger partial charge in [-0.2, -0.15) is 0 Å². The molecule has 1 spiro atoms. The van der Waals surface area contributed by atoms with Gasteiger partial charge in [-0.3, -0.25) is 9.59 Å². The number of furan rings is 1. The van der Waals surface area contributed by atoms with Crippen LogP contribution in [0.15, 0.2) is 47.1 Å². The quantitative estimate of drug-likeness (QED) is 0.664. The maximum absolute atomic E-state index is 13.3. The Balaban J connectivity index is 1.55. The molecule has 2 aliphatic heterocycles. The average molecular weight is 448 g/mol. The average Bonchev–Trinajstić information content (AvgIpc) is 3.50. The van der Waals surface area contributed by atoms with Crippen molar-refractivity contribution in [1.82, 2.24) is 19.8 Å². The minimum atomic E-state index is -0.541. The first-order valence-corrected chi connectivity index (χ1v) is 11.4. The lowest BCUT2D eigenvalue weighted by Crippen LogP contribution is -2.56. The van der Waals surface area contributed by atoms with Crippen LogP contribution in [0.3, 0.4) is 0 Å². The predicted octanol–water partition coefficient (Wildman–Crippen LogP) is 3.17. The van der Waals surface area contributed by atoms with Crippen LogP contribution in [0.4, 0.5) is 5.69 Å². The molecule has 8 nitrogen and oxygen atoms in total. The molecule has 1 fully saturated rings. The van der Waals surface area contributed by atoms with Gasteiger partial charge in [-0.15, -0.1) is 0 Å². The van der Waals surface area contributed by atoms with Gasteiger partial charge >= 0.3 is 0 Å². The summed E-state index contributed by atoms with van der Waals surface area (Å²) in [5.74, 6) is 1.73. The van der Waals surface area contributed by atoms with E-state index in [9.17, 15) is 9.59 Å². The summed E-state index contributed by atoms with van der Waals surface area (Å²) in [4.78, 5) is 34.8. The fourth-order valence-electron chi connectivity index (χ4n) is 5.08. The Hall–Kier alpha value is -3.55. The molecule has 0 aromatic carbocycles. The molecule has 172 valence electrons. The van der Waals surface area contributed by atoms with E-state index in [0.717, 1.165) is 28.5 Å². The molecule has 8 heteroatoms. The molecule has 5 heterocycles. The van der Waals surface area contributed by atoms with Crippen molar-refractivity contribution >= 4 is 17.5 Å². The van der Waals surface area contributed by atoms with Gasteiger partial charge in [0.25, 0.3) is 5.91 Å². The van der Waals surface area contributed by atoms with Crippen LogP contribution < -0.4 is 10.2 Å². The number of anilines is 1. The van der Waals surface area contributed by atoms with Gasteiger partial charge < -0.3 is 24.1 Å². The van der Waals surface area contributed by atoms with Crippen molar-refractivity contribution < 1.29 is 14.0 Å². The van der Waals surface area contributed by atoms with Crippen molar-refractivity contribution in [2.75, 3.05) is 24.5 Å². The van der Waals surface area contributed by atoms with Gasteiger partial charge in [0.2, 0.25) is 5.91 Å². The minimum Gasteiger partial charge on any atom is -0.456 e. The molecule has 1 atom stereocenters. The number of rotatable bonds is 4. The Kier molecular flexibility index (Phi) is 5.03. The minimum absolute atomic E-state index is 0.0440. The van der Waals surface area contributed by atoms with Crippen molar-refractivity contribution in [2.24, 2.45) is 0 Å². The van der Waals surface area contributed by atoms with E-state index in [-0.39, 0.29) is 24.4 Å². The number of carbonyl (C=O) groups excluding carboxylic acids is 2. The number of likely N-dealkylation sites (tertiary alicyclic amines) is 1. The van der Waals surface area contributed by atoms with Crippen LogP contribution in [-0.4, -0.2) is 51.9 Å². The SMILES string of the molecule is Cc1cc(C(=O)N2CC[C@]3(C2)c2cccn2-c2ncccc2N3CC(=O)NC(C)C)oc1C. The fraction of sp³-hybridized carbons (Fsp3) is 0.400. The Morgan fingerprint density at radius 2 is 2.06 bits per heavy atom. The van der Waals surface area contributed by atoms with Crippen molar-refractivity contribution in [3.63, 3.8) is 0 Å². The standard InChI is InChI=1S/C25H29N5O3/c1-16(2)27-22(31)14-30-19-7-5-10-26-23(19)29-11-6-8-21(29)25(30)9-12-28(15-25)24(32)20-13-17(3)18(4)33-20/h5-8,10-11,13,16H,9,12,14-15H2,1-4H3,(H,27,31)/t25-/m0/s1. The molecule has 1 N–H and O–H groups in total. The third-order valence-corrected chi connectivity index (χ3v) is 6.69. The van der Waals surface area contributed by atoms with Gasteiger partial charge in [0, 0.05) is 25.0 Å². The highest BCUT2D eigenvalue weighted by molar-refractivity contribution is 5.92. The van der Waals surface area contributed by atoms with E-state index in [2.05, 4.69) is 25.8 Å². The lowest BCUT2D eigenvalue weighted by Gasteiger charge is -2.46. The summed E-state index contributed by atoms with van der Waals surface area (Å²) in [6.07, 6.45) is 4.46. The number of fused-ring (bicyclic) bond motifs is 4. The summed E-state index contributed by atoms with van der Waals surface area (Å²) in [5, 5.41) is 3.01. The van der Waals surface area contributed by atoms with Gasteiger partial charge in [0.1, 0.15) is 11.3 Å². The largest absolute Gasteiger partial charge is 0.456 e. The van der Waals surface area contributed by atoms with Crippen molar-refractivity contribution in [3.8, 4) is 5.82 Å². The van der Waals surface area contributed by atoms with Crippen LogP contribution in [0.5, 0.6) is 0 Å². The van der Waals surface area contributed by atoms with Gasteiger partial charge in [0.05, 0.1) is 24.5 Å². The smallest absolute Gasteiger partial charge is 0.289 e. The maximum atomic E-state index is 13.3. The molecule has 3 aromatic heterocycles. The Morgan fingerprint density at radius 3 is 2.79 bits per heavy atom. The number of hydrogen-bond donors (Lipinski definition) is 1. The first-order valence-electron chi connectivity index (χ1n) is 11.4. The molecule has 0 aliphatic carbocycles. The third-order valence-electron chi connectivity index (χ3n) is 6.69. The van der Waals surface area contributed by atoms with Crippen LogP contribution in [0, 0.1) is 13.8 Å². The lowest BCUT2D eigenvalue weighted by atomic mass is 9.88. The highest BCUT2D eigenvalue weighted by atomic mass is 16.4. The van der Waals surface area contributed by atoms with Crippen LogP contribution in [0.1, 0.15) is 47.8 Å². The molecular formula is C25H29N5O3. The van der Waals surface area contributed by atoms with Gasteiger partial charge in [0.15, 0.2) is 11.6 Å². The Labute approximate surface area is 193 Å². The molecule has 2 amide bonds. The van der Waals surface area contributed by atoms with E-state index >= 15 is 0 Å². The van der Waals surface area contributed by atoms with E-state index < -0.39 is 5.54 Å². The monoisotopic (exact) mass is 447 g/mol. The molecule has 5 rings (SSSR count). The summed E-state index contributed by atoms with van der Waals surface area (Å²) in [6.45, 7) is 8.92. The van der Waals surface area contributed by atoms with Gasteiger partial charge in [-0.05, 0) is 70.0 Å². The van der Waals surface area contributed by atoms with Crippen molar-refractivity contribution in [3.05, 3.63) is 65.5 Å². The molecule has 0 unspecified atom stereocenters. The first kappa shape index (κ1) is 21.3. The van der Waals surface area contributed by atoms with Gasteiger partial charge in [-0.1, -0.05) is 0 Å².